The van der Waals surface area contributed by atoms with Gasteiger partial charge in [0.25, 0.3) is 5.91 Å². The van der Waals surface area contributed by atoms with Crippen molar-refractivity contribution in [2.24, 2.45) is 0 Å². The summed E-state index contributed by atoms with van der Waals surface area (Å²) >= 11 is 0. The summed E-state index contributed by atoms with van der Waals surface area (Å²) < 4.78 is 120. The van der Waals surface area contributed by atoms with E-state index in [-0.39, 0.29) is 25.0 Å². The molecule has 1 amide bonds. The minimum Gasteiger partial charge on any atom is -0.471 e. The molecule has 0 bridgehead atoms. The van der Waals surface area contributed by atoms with Crippen molar-refractivity contribution < 1.29 is 49.0 Å². The molecule has 1 aromatic heterocycles. The van der Waals surface area contributed by atoms with Crippen LogP contribution in [-0.2, 0) is 18.5 Å². The van der Waals surface area contributed by atoms with Crippen LogP contribution in [0.2, 0.25) is 0 Å². The number of halogens is 9. The van der Waals surface area contributed by atoms with Crippen LogP contribution >= 0.6 is 0 Å². The van der Waals surface area contributed by atoms with Gasteiger partial charge in [-0.05, 0) is 24.3 Å². The highest BCUT2D eigenvalue weighted by atomic mass is 19.4. The van der Waals surface area contributed by atoms with Crippen LogP contribution in [0.15, 0.2) is 36.5 Å². The van der Waals surface area contributed by atoms with Gasteiger partial charge in [0.1, 0.15) is 6.10 Å². The Hall–Kier alpha value is -2.99. The molecular weight excluding hydrogens is 447 g/mol. The van der Waals surface area contributed by atoms with E-state index >= 15 is 0 Å². The molecule has 1 aliphatic heterocycles. The number of aromatic nitrogens is 1. The van der Waals surface area contributed by atoms with Crippen LogP contribution in [0.1, 0.15) is 27.0 Å². The Kier molecular flexibility index (Phi) is 5.57. The zero-order valence-corrected chi connectivity index (χ0v) is 15.1. The van der Waals surface area contributed by atoms with Crippen LogP contribution in [-0.4, -0.2) is 35.0 Å². The van der Waals surface area contributed by atoms with E-state index in [1.807, 2.05) is 0 Å². The third kappa shape index (κ3) is 5.20. The third-order valence-electron chi connectivity index (χ3n) is 4.32. The Morgan fingerprint density at radius 1 is 0.839 bits per heavy atom. The Morgan fingerprint density at radius 2 is 1.35 bits per heavy atom. The fourth-order valence-corrected chi connectivity index (χ4v) is 2.73. The normalized spacial score (nSPS) is 15.6. The van der Waals surface area contributed by atoms with Gasteiger partial charge < -0.3 is 9.64 Å². The standard InChI is InChI=1S/C18H11F9N2O2/c19-16(20,21)10-1-2-14(28-6-10)31-13-7-29(8-13)15(30)9-3-11(17(22,23)24)5-12(4-9)18(25,26)27/h1-6,13H,7-8H2. The maximum atomic E-state index is 12.9. The van der Waals surface area contributed by atoms with E-state index in [9.17, 15) is 44.3 Å². The first kappa shape index (κ1) is 22.7. The topological polar surface area (TPSA) is 42.4 Å². The highest BCUT2D eigenvalue weighted by Crippen LogP contribution is 2.37. The number of nitrogens with zero attached hydrogens (tertiary/aromatic N) is 2. The van der Waals surface area contributed by atoms with E-state index < -0.39 is 52.8 Å². The van der Waals surface area contributed by atoms with Gasteiger partial charge in [-0.3, -0.25) is 4.79 Å². The fraction of sp³-hybridized carbons (Fsp3) is 0.333. The molecule has 2 heterocycles. The molecule has 2 aromatic rings. The molecule has 1 fully saturated rings. The van der Waals surface area contributed by atoms with Gasteiger partial charge in [-0.1, -0.05) is 0 Å². The van der Waals surface area contributed by atoms with Crippen molar-refractivity contribution in [3.63, 3.8) is 0 Å². The van der Waals surface area contributed by atoms with E-state index in [0.717, 1.165) is 17.0 Å². The van der Waals surface area contributed by atoms with Crippen molar-refractivity contribution in [3.05, 3.63) is 58.8 Å². The smallest absolute Gasteiger partial charge is 0.417 e. The van der Waals surface area contributed by atoms with E-state index in [0.29, 0.717) is 18.3 Å². The van der Waals surface area contributed by atoms with Gasteiger partial charge >= 0.3 is 18.5 Å². The largest absolute Gasteiger partial charge is 0.471 e. The van der Waals surface area contributed by atoms with E-state index in [4.69, 9.17) is 4.74 Å². The molecule has 0 radical (unpaired) electrons. The Labute approximate surface area is 168 Å². The SMILES string of the molecule is O=C(c1cc(C(F)(F)F)cc(C(F)(F)F)c1)N1CC(Oc2ccc(C(F)(F)F)cn2)C1. The molecule has 1 aliphatic rings. The first-order valence-electron chi connectivity index (χ1n) is 8.43. The minimum absolute atomic E-state index is 0.0882. The van der Waals surface area contributed by atoms with Crippen LogP contribution in [0.5, 0.6) is 5.88 Å². The lowest BCUT2D eigenvalue weighted by Crippen LogP contribution is -2.56. The van der Waals surface area contributed by atoms with Gasteiger partial charge in [0.15, 0.2) is 0 Å². The predicted molar refractivity (Wildman–Crippen MR) is 86.0 cm³/mol. The Bertz CT molecular complexity index is 928. The summed E-state index contributed by atoms with van der Waals surface area (Å²) in [7, 11) is 0. The van der Waals surface area contributed by atoms with Crippen molar-refractivity contribution in [1.82, 2.24) is 9.88 Å². The number of carbonyl (C=O) groups excluding carboxylic acids is 1. The summed E-state index contributed by atoms with van der Waals surface area (Å²) in [5.74, 6) is -1.25. The minimum atomic E-state index is -5.09. The molecule has 13 heteroatoms. The number of benzene rings is 1. The number of likely N-dealkylation sites (tertiary alicyclic amines) is 1. The molecule has 0 unspecified atom stereocenters. The molecular formula is C18H11F9N2O2. The highest BCUT2D eigenvalue weighted by molar-refractivity contribution is 5.95. The van der Waals surface area contributed by atoms with Crippen molar-refractivity contribution in [2.45, 2.75) is 24.6 Å². The summed E-state index contributed by atoms with van der Waals surface area (Å²) in [6, 6.07) is 2.24. The van der Waals surface area contributed by atoms with Crippen LogP contribution in [0, 0.1) is 0 Å². The molecule has 3 rings (SSSR count). The van der Waals surface area contributed by atoms with E-state index in [1.54, 1.807) is 0 Å². The summed E-state index contributed by atoms with van der Waals surface area (Å²) in [6.45, 7) is -0.391. The maximum Gasteiger partial charge on any atom is 0.417 e. The predicted octanol–water partition coefficient (Wildman–Crippen LogP) is 5.04. The number of ether oxygens (including phenoxy) is 1. The monoisotopic (exact) mass is 458 g/mol. The summed E-state index contributed by atoms with van der Waals surface area (Å²) in [5, 5.41) is 0. The van der Waals surface area contributed by atoms with Crippen molar-refractivity contribution in [2.75, 3.05) is 13.1 Å². The lowest BCUT2D eigenvalue weighted by molar-refractivity contribution is -0.143. The first-order valence-corrected chi connectivity index (χ1v) is 8.43. The van der Waals surface area contributed by atoms with Gasteiger partial charge in [0, 0.05) is 17.8 Å². The molecule has 168 valence electrons. The van der Waals surface area contributed by atoms with Crippen molar-refractivity contribution >= 4 is 5.91 Å². The summed E-state index contributed by atoms with van der Waals surface area (Å²) in [6.07, 6.45) is -15.0. The average Bonchev–Trinajstić information content (AvgIpc) is 2.61. The van der Waals surface area contributed by atoms with E-state index in [1.165, 1.54) is 0 Å². The Morgan fingerprint density at radius 3 is 1.77 bits per heavy atom. The van der Waals surface area contributed by atoms with Crippen LogP contribution in [0.25, 0.3) is 0 Å². The molecule has 0 saturated carbocycles. The Balaban J connectivity index is 1.69. The molecule has 4 nitrogen and oxygen atoms in total. The molecule has 0 atom stereocenters. The van der Waals surface area contributed by atoms with Crippen LogP contribution in [0.3, 0.4) is 0 Å². The summed E-state index contributed by atoms with van der Waals surface area (Å²) in [4.78, 5) is 16.8. The lowest BCUT2D eigenvalue weighted by Gasteiger charge is -2.38. The second kappa shape index (κ2) is 7.61. The zero-order chi connectivity index (χ0) is 23.2. The second-order valence-electron chi connectivity index (χ2n) is 6.63. The third-order valence-corrected chi connectivity index (χ3v) is 4.32. The average molecular weight is 458 g/mol. The molecule has 0 aliphatic carbocycles. The van der Waals surface area contributed by atoms with Crippen molar-refractivity contribution in [3.8, 4) is 5.88 Å². The maximum absolute atomic E-state index is 12.9. The molecule has 31 heavy (non-hydrogen) atoms. The van der Waals surface area contributed by atoms with Gasteiger partial charge in [-0.2, -0.15) is 39.5 Å². The lowest BCUT2D eigenvalue weighted by atomic mass is 10.0. The van der Waals surface area contributed by atoms with Gasteiger partial charge in [0.05, 0.1) is 29.8 Å². The van der Waals surface area contributed by atoms with Gasteiger partial charge in [-0.15, -0.1) is 0 Å². The highest BCUT2D eigenvalue weighted by Gasteiger charge is 2.39. The van der Waals surface area contributed by atoms with Crippen LogP contribution < -0.4 is 4.74 Å². The second-order valence-corrected chi connectivity index (χ2v) is 6.63. The fourth-order valence-electron chi connectivity index (χ4n) is 2.73. The number of amides is 1. The molecule has 0 N–H and O–H groups in total. The zero-order valence-electron chi connectivity index (χ0n) is 15.1. The van der Waals surface area contributed by atoms with Crippen LogP contribution in [0.4, 0.5) is 39.5 Å². The number of alkyl halides is 9. The number of carbonyl (C=O) groups is 1. The van der Waals surface area contributed by atoms with Crippen molar-refractivity contribution in [1.29, 1.82) is 0 Å². The number of hydrogen-bond donors (Lipinski definition) is 0. The molecule has 1 saturated heterocycles. The number of hydrogen-bond acceptors (Lipinski definition) is 3. The quantitative estimate of drug-likeness (QED) is 0.606. The summed E-state index contributed by atoms with van der Waals surface area (Å²) in [5.41, 5.74) is -5.04. The first-order chi connectivity index (χ1) is 14.1. The number of pyridine rings is 1. The molecule has 0 spiro atoms. The van der Waals surface area contributed by atoms with Gasteiger partial charge in [0.2, 0.25) is 5.88 Å². The molecule has 1 aromatic carbocycles. The van der Waals surface area contributed by atoms with E-state index in [2.05, 4.69) is 4.98 Å². The van der Waals surface area contributed by atoms with Gasteiger partial charge in [-0.25, -0.2) is 4.98 Å². The number of rotatable bonds is 3.